The minimum Gasteiger partial charge on any atom is -0.479 e. The van der Waals surface area contributed by atoms with Gasteiger partial charge in [0.1, 0.15) is 5.69 Å². The number of esters is 2. The van der Waals surface area contributed by atoms with Crippen molar-refractivity contribution in [3.8, 4) is 11.9 Å². The molecule has 0 saturated carbocycles. The zero-order chi connectivity index (χ0) is 23.1. The molecule has 1 aliphatic rings. The zero-order valence-corrected chi connectivity index (χ0v) is 18.5. The largest absolute Gasteiger partial charge is 0.479 e. The molecule has 0 bridgehead atoms. The molecule has 1 unspecified atom stereocenters. The number of methoxy groups -OCH3 is 4. The molecule has 3 rings (SSSR count). The maximum Gasteiger partial charge on any atom is 0.331 e. The molecule has 0 amide bonds. The van der Waals surface area contributed by atoms with Crippen LogP contribution in [0.25, 0.3) is 0 Å². The summed E-state index contributed by atoms with van der Waals surface area (Å²) in [5.41, 5.74) is 1.56. The molecule has 0 radical (unpaired) electrons. The average Bonchev–Trinajstić information content (AvgIpc) is 2.83. The number of aromatic nitrogens is 2. The fourth-order valence-corrected chi connectivity index (χ4v) is 3.48. The van der Waals surface area contributed by atoms with E-state index in [4.69, 9.17) is 18.9 Å². The molecular weight excluding hydrogens is 416 g/mol. The molecule has 0 fully saturated rings. The number of hydrogen-bond acceptors (Lipinski definition) is 10. The Morgan fingerprint density at radius 1 is 1.06 bits per heavy atom. The van der Waals surface area contributed by atoms with Crippen molar-refractivity contribution in [2.45, 2.75) is 19.0 Å². The van der Waals surface area contributed by atoms with Crippen molar-refractivity contribution in [1.82, 2.24) is 9.97 Å². The van der Waals surface area contributed by atoms with Gasteiger partial charge in [0, 0.05) is 25.4 Å². The van der Waals surface area contributed by atoms with Crippen LogP contribution in [0.4, 0.5) is 11.5 Å². The average molecular weight is 442 g/mol. The molecule has 1 aromatic heterocycles. The Balaban J connectivity index is 2.14. The number of ether oxygens (including phenoxy) is 4. The number of carbonyl (C=O) groups excluding carboxylic acids is 2. The highest BCUT2D eigenvalue weighted by Gasteiger charge is 2.36. The smallest absolute Gasteiger partial charge is 0.331 e. The molecular formula is C22H26N4O6. The summed E-state index contributed by atoms with van der Waals surface area (Å²) in [6, 6.07) is 9.63. The Bertz CT molecular complexity index is 982. The van der Waals surface area contributed by atoms with Crippen molar-refractivity contribution >= 4 is 23.4 Å². The van der Waals surface area contributed by atoms with Crippen LogP contribution in [-0.4, -0.2) is 62.9 Å². The topological polar surface area (TPSA) is 103 Å². The van der Waals surface area contributed by atoms with Gasteiger partial charge in [-0.25, -0.2) is 4.79 Å². The molecule has 1 atom stereocenters. The number of carbonyl (C=O) groups is 2. The first-order chi connectivity index (χ1) is 15.5. The molecule has 2 aromatic rings. The first kappa shape index (κ1) is 22.9. The third-order valence-electron chi connectivity index (χ3n) is 4.99. The Morgan fingerprint density at radius 3 is 2.44 bits per heavy atom. The summed E-state index contributed by atoms with van der Waals surface area (Å²) in [6.07, 6.45) is 2.88. The summed E-state index contributed by atoms with van der Waals surface area (Å²) in [5, 5.41) is 0. The number of anilines is 2. The molecule has 0 saturated heterocycles. The molecule has 32 heavy (non-hydrogen) atoms. The van der Waals surface area contributed by atoms with Gasteiger partial charge in [0.2, 0.25) is 5.88 Å². The fourth-order valence-electron chi connectivity index (χ4n) is 3.48. The minimum absolute atomic E-state index is 0.0714. The molecule has 0 spiro atoms. The lowest BCUT2D eigenvalue weighted by Gasteiger charge is -2.42. The Kier molecular flexibility index (Phi) is 7.48. The van der Waals surface area contributed by atoms with Crippen LogP contribution in [0.15, 0.2) is 42.6 Å². The van der Waals surface area contributed by atoms with Gasteiger partial charge in [0.15, 0.2) is 5.82 Å². The Morgan fingerprint density at radius 2 is 1.81 bits per heavy atom. The van der Waals surface area contributed by atoms with Gasteiger partial charge in [-0.1, -0.05) is 30.3 Å². The highest BCUT2D eigenvalue weighted by atomic mass is 16.5. The highest BCUT2D eigenvalue weighted by molar-refractivity contribution is 5.84. The van der Waals surface area contributed by atoms with Gasteiger partial charge >= 0.3 is 17.9 Å². The number of nitrogens with zero attached hydrogens (tertiary/aromatic N) is 4. The standard InChI is InChI=1S/C22H26N4O6/c1-29-17(27)10-11-26-16(12-18(28)30-2)14-25(13-15-8-6-5-7-9-15)20-19(26)21(31-3)24-22(23-20)32-4/h5-11,16H,12-14H2,1-4H3/b11-10+. The van der Waals surface area contributed by atoms with Crippen LogP contribution in [0.3, 0.4) is 0 Å². The quantitative estimate of drug-likeness (QED) is 0.445. The summed E-state index contributed by atoms with van der Waals surface area (Å²) in [4.78, 5) is 36.6. The van der Waals surface area contributed by atoms with E-state index in [0.717, 1.165) is 5.56 Å². The van der Waals surface area contributed by atoms with E-state index in [0.29, 0.717) is 24.6 Å². The van der Waals surface area contributed by atoms with Gasteiger partial charge < -0.3 is 28.7 Å². The first-order valence-corrected chi connectivity index (χ1v) is 9.90. The van der Waals surface area contributed by atoms with E-state index in [-0.39, 0.29) is 30.3 Å². The third kappa shape index (κ3) is 5.08. The van der Waals surface area contributed by atoms with Crippen LogP contribution in [0, 0.1) is 0 Å². The van der Waals surface area contributed by atoms with Gasteiger partial charge in [0.25, 0.3) is 0 Å². The number of rotatable bonds is 8. The second-order valence-electron chi connectivity index (χ2n) is 6.94. The Labute approximate surface area is 186 Å². The molecule has 1 aromatic carbocycles. The molecule has 10 nitrogen and oxygen atoms in total. The highest BCUT2D eigenvalue weighted by Crippen LogP contribution is 2.43. The van der Waals surface area contributed by atoms with Crippen molar-refractivity contribution < 1.29 is 28.5 Å². The van der Waals surface area contributed by atoms with Gasteiger partial charge in [-0.3, -0.25) is 4.79 Å². The normalized spacial score (nSPS) is 15.3. The van der Waals surface area contributed by atoms with Crippen molar-refractivity contribution in [1.29, 1.82) is 0 Å². The van der Waals surface area contributed by atoms with E-state index < -0.39 is 5.97 Å². The zero-order valence-electron chi connectivity index (χ0n) is 18.5. The van der Waals surface area contributed by atoms with Crippen LogP contribution in [0.1, 0.15) is 12.0 Å². The number of fused-ring (bicyclic) bond motifs is 1. The van der Waals surface area contributed by atoms with Gasteiger partial charge in [0.05, 0.1) is 40.9 Å². The van der Waals surface area contributed by atoms with Gasteiger partial charge in [-0.05, 0) is 5.56 Å². The molecule has 10 heteroatoms. The van der Waals surface area contributed by atoms with E-state index in [2.05, 4.69) is 9.97 Å². The minimum atomic E-state index is -0.538. The Hall–Kier alpha value is -3.82. The summed E-state index contributed by atoms with van der Waals surface area (Å²) >= 11 is 0. The van der Waals surface area contributed by atoms with Crippen LogP contribution < -0.4 is 19.3 Å². The van der Waals surface area contributed by atoms with Crippen LogP contribution in [0.5, 0.6) is 11.9 Å². The SMILES string of the molecule is COC(=O)/C=C/N1c2c(OC)nc(OC)nc2N(Cc2ccccc2)CC1CC(=O)OC. The predicted octanol–water partition coefficient (Wildman–Crippen LogP) is 1.94. The molecule has 1 aliphatic heterocycles. The lowest BCUT2D eigenvalue weighted by atomic mass is 10.1. The summed E-state index contributed by atoms with van der Waals surface area (Å²) in [6.45, 7) is 0.954. The summed E-state index contributed by atoms with van der Waals surface area (Å²) in [7, 11) is 5.58. The van der Waals surface area contributed by atoms with Crippen molar-refractivity contribution in [2.24, 2.45) is 0 Å². The van der Waals surface area contributed by atoms with E-state index in [1.165, 1.54) is 40.7 Å². The lowest BCUT2D eigenvalue weighted by Crippen LogP contribution is -2.48. The van der Waals surface area contributed by atoms with Gasteiger partial charge in [-0.15, -0.1) is 0 Å². The molecule has 170 valence electrons. The van der Waals surface area contributed by atoms with Crippen molar-refractivity contribution in [3.63, 3.8) is 0 Å². The fraction of sp³-hybridized carbons (Fsp3) is 0.364. The lowest BCUT2D eigenvalue weighted by molar-refractivity contribution is -0.141. The third-order valence-corrected chi connectivity index (χ3v) is 4.99. The second-order valence-corrected chi connectivity index (χ2v) is 6.94. The summed E-state index contributed by atoms with van der Waals surface area (Å²) < 4.78 is 20.4. The monoisotopic (exact) mass is 442 g/mol. The van der Waals surface area contributed by atoms with E-state index in [9.17, 15) is 9.59 Å². The second kappa shape index (κ2) is 10.5. The van der Waals surface area contributed by atoms with Crippen molar-refractivity contribution in [3.05, 3.63) is 48.2 Å². The van der Waals surface area contributed by atoms with E-state index >= 15 is 0 Å². The van der Waals surface area contributed by atoms with Crippen LogP contribution in [0.2, 0.25) is 0 Å². The van der Waals surface area contributed by atoms with Crippen LogP contribution >= 0.6 is 0 Å². The summed E-state index contributed by atoms with van der Waals surface area (Å²) in [5.74, 6) is -0.131. The molecule has 0 aliphatic carbocycles. The first-order valence-electron chi connectivity index (χ1n) is 9.90. The van der Waals surface area contributed by atoms with Gasteiger partial charge in [-0.2, -0.15) is 9.97 Å². The van der Waals surface area contributed by atoms with Crippen LogP contribution in [-0.2, 0) is 25.6 Å². The number of hydrogen-bond donors (Lipinski definition) is 0. The molecule has 2 heterocycles. The van der Waals surface area contributed by atoms with E-state index in [1.807, 2.05) is 35.2 Å². The number of benzene rings is 1. The predicted molar refractivity (Wildman–Crippen MR) is 117 cm³/mol. The maximum atomic E-state index is 12.2. The van der Waals surface area contributed by atoms with Crippen molar-refractivity contribution in [2.75, 3.05) is 44.8 Å². The molecule has 0 N–H and O–H groups in total. The maximum absolute atomic E-state index is 12.2. The van der Waals surface area contributed by atoms with E-state index in [1.54, 1.807) is 4.90 Å².